The SMILES string of the molecule is C1CCC2C(C1)NC1CCCCC12. The van der Waals surface area contributed by atoms with Crippen molar-refractivity contribution in [3.05, 3.63) is 0 Å². The van der Waals surface area contributed by atoms with Crippen molar-refractivity contribution in [1.82, 2.24) is 5.32 Å². The molecule has 1 nitrogen and oxygen atoms in total. The second-order valence-corrected chi connectivity index (χ2v) is 5.28. The summed E-state index contributed by atoms with van der Waals surface area (Å²) in [6, 6.07) is 1.84. The molecule has 1 saturated heterocycles. The molecule has 0 amide bonds. The fourth-order valence-corrected chi connectivity index (χ4v) is 4.03. The van der Waals surface area contributed by atoms with Gasteiger partial charge >= 0.3 is 0 Å². The summed E-state index contributed by atoms with van der Waals surface area (Å²) in [7, 11) is 0. The van der Waals surface area contributed by atoms with Crippen LogP contribution in [0, 0.1) is 11.8 Å². The van der Waals surface area contributed by atoms with Crippen LogP contribution in [-0.2, 0) is 0 Å². The Balaban J connectivity index is 1.76. The highest BCUT2D eigenvalue weighted by Gasteiger charge is 2.43. The smallest absolute Gasteiger partial charge is 0.0101 e. The molecule has 0 aromatic rings. The van der Waals surface area contributed by atoms with E-state index in [4.69, 9.17) is 0 Å². The summed E-state index contributed by atoms with van der Waals surface area (Å²) >= 11 is 0. The van der Waals surface area contributed by atoms with E-state index in [1.165, 1.54) is 51.4 Å². The van der Waals surface area contributed by atoms with Gasteiger partial charge in [-0.3, -0.25) is 0 Å². The number of fused-ring (bicyclic) bond motifs is 3. The second kappa shape index (κ2) is 3.27. The maximum Gasteiger partial charge on any atom is 0.0101 e. The lowest BCUT2D eigenvalue weighted by atomic mass is 9.73. The largest absolute Gasteiger partial charge is 0.311 e. The number of rotatable bonds is 0. The molecular weight excluding hydrogens is 158 g/mol. The highest BCUT2D eigenvalue weighted by molar-refractivity contribution is 5.00. The van der Waals surface area contributed by atoms with Crippen molar-refractivity contribution in [3.63, 3.8) is 0 Å². The normalized spacial score (nSPS) is 49.8. The van der Waals surface area contributed by atoms with E-state index in [2.05, 4.69) is 5.32 Å². The zero-order chi connectivity index (χ0) is 8.67. The Hall–Kier alpha value is -0.0400. The first kappa shape index (κ1) is 8.28. The van der Waals surface area contributed by atoms with E-state index in [-0.39, 0.29) is 0 Å². The number of hydrogen-bond acceptors (Lipinski definition) is 1. The van der Waals surface area contributed by atoms with Crippen molar-refractivity contribution in [2.75, 3.05) is 0 Å². The van der Waals surface area contributed by atoms with Gasteiger partial charge in [0.25, 0.3) is 0 Å². The average Bonchev–Trinajstić information content (AvgIpc) is 2.56. The van der Waals surface area contributed by atoms with Crippen LogP contribution in [0.5, 0.6) is 0 Å². The van der Waals surface area contributed by atoms with Crippen LogP contribution in [-0.4, -0.2) is 12.1 Å². The molecule has 2 aliphatic carbocycles. The summed E-state index contributed by atoms with van der Waals surface area (Å²) in [6.45, 7) is 0. The second-order valence-electron chi connectivity index (χ2n) is 5.28. The fraction of sp³-hybridized carbons (Fsp3) is 1.00. The molecule has 1 N–H and O–H groups in total. The van der Waals surface area contributed by atoms with E-state index in [1.807, 2.05) is 0 Å². The first-order valence-corrected chi connectivity index (χ1v) is 6.21. The Morgan fingerprint density at radius 1 is 0.615 bits per heavy atom. The van der Waals surface area contributed by atoms with Crippen LogP contribution in [0.2, 0.25) is 0 Å². The maximum absolute atomic E-state index is 3.89. The third-order valence-corrected chi connectivity index (χ3v) is 4.62. The Morgan fingerprint density at radius 3 is 1.62 bits per heavy atom. The molecular formula is C12H21N. The predicted molar refractivity (Wildman–Crippen MR) is 54.6 cm³/mol. The van der Waals surface area contributed by atoms with E-state index in [1.54, 1.807) is 0 Å². The van der Waals surface area contributed by atoms with Crippen LogP contribution < -0.4 is 5.32 Å². The summed E-state index contributed by atoms with van der Waals surface area (Å²) in [5, 5.41) is 3.89. The lowest BCUT2D eigenvalue weighted by molar-refractivity contribution is 0.231. The van der Waals surface area contributed by atoms with Gasteiger partial charge in [0, 0.05) is 12.1 Å². The van der Waals surface area contributed by atoms with Gasteiger partial charge in [-0.1, -0.05) is 25.7 Å². The summed E-state index contributed by atoms with van der Waals surface area (Å²) < 4.78 is 0. The van der Waals surface area contributed by atoms with Crippen molar-refractivity contribution >= 4 is 0 Å². The van der Waals surface area contributed by atoms with Gasteiger partial charge in [0.1, 0.15) is 0 Å². The van der Waals surface area contributed by atoms with Gasteiger partial charge in [0.15, 0.2) is 0 Å². The third-order valence-electron chi connectivity index (χ3n) is 4.62. The highest BCUT2D eigenvalue weighted by Crippen LogP contribution is 2.43. The van der Waals surface area contributed by atoms with E-state index < -0.39 is 0 Å². The summed E-state index contributed by atoms with van der Waals surface area (Å²) in [5.74, 6) is 2.14. The van der Waals surface area contributed by atoms with Gasteiger partial charge in [-0.15, -0.1) is 0 Å². The molecule has 4 unspecified atom stereocenters. The van der Waals surface area contributed by atoms with Crippen LogP contribution in [0.4, 0.5) is 0 Å². The summed E-state index contributed by atoms with van der Waals surface area (Å²) in [4.78, 5) is 0. The lowest BCUT2D eigenvalue weighted by Gasteiger charge is -2.30. The van der Waals surface area contributed by atoms with Gasteiger partial charge in [-0.05, 0) is 37.5 Å². The first-order valence-electron chi connectivity index (χ1n) is 6.21. The molecule has 2 saturated carbocycles. The summed E-state index contributed by atoms with van der Waals surface area (Å²) in [5.41, 5.74) is 0. The third kappa shape index (κ3) is 1.32. The maximum atomic E-state index is 3.89. The van der Waals surface area contributed by atoms with Crippen molar-refractivity contribution in [2.45, 2.75) is 63.5 Å². The van der Waals surface area contributed by atoms with Crippen molar-refractivity contribution in [3.8, 4) is 0 Å². The van der Waals surface area contributed by atoms with Gasteiger partial charge < -0.3 is 5.32 Å². The number of hydrogen-bond donors (Lipinski definition) is 1. The zero-order valence-corrected chi connectivity index (χ0v) is 8.47. The average molecular weight is 179 g/mol. The van der Waals surface area contributed by atoms with Gasteiger partial charge in [-0.25, -0.2) is 0 Å². The molecule has 3 aliphatic rings. The van der Waals surface area contributed by atoms with E-state index in [0.29, 0.717) is 0 Å². The molecule has 0 bridgehead atoms. The molecule has 3 rings (SSSR count). The van der Waals surface area contributed by atoms with Gasteiger partial charge in [0.2, 0.25) is 0 Å². The van der Waals surface area contributed by atoms with Gasteiger partial charge in [0.05, 0.1) is 0 Å². The van der Waals surface area contributed by atoms with Crippen molar-refractivity contribution in [2.24, 2.45) is 11.8 Å². The molecule has 3 fully saturated rings. The zero-order valence-electron chi connectivity index (χ0n) is 8.47. The van der Waals surface area contributed by atoms with Crippen LogP contribution in [0.1, 0.15) is 51.4 Å². The van der Waals surface area contributed by atoms with Crippen LogP contribution in [0.15, 0.2) is 0 Å². The molecule has 0 aromatic carbocycles. The Morgan fingerprint density at radius 2 is 1.08 bits per heavy atom. The Kier molecular flexibility index (Phi) is 2.08. The Labute approximate surface area is 81.3 Å². The number of nitrogens with one attached hydrogen (secondary N) is 1. The molecule has 0 spiro atoms. The molecule has 1 aliphatic heterocycles. The topological polar surface area (TPSA) is 12.0 Å². The fourth-order valence-electron chi connectivity index (χ4n) is 4.03. The van der Waals surface area contributed by atoms with E-state index >= 15 is 0 Å². The monoisotopic (exact) mass is 179 g/mol. The molecule has 0 aromatic heterocycles. The highest BCUT2D eigenvalue weighted by atomic mass is 15.0. The lowest BCUT2D eigenvalue weighted by Crippen LogP contribution is -2.33. The molecule has 4 atom stereocenters. The van der Waals surface area contributed by atoms with Crippen molar-refractivity contribution in [1.29, 1.82) is 0 Å². The van der Waals surface area contributed by atoms with E-state index in [9.17, 15) is 0 Å². The minimum Gasteiger partial charge on any atom is -0.311 e. The minimum absolute atomic E-state index is 0.918. The molecule has 0 radical (unpaired) electrons. The Bertz CT molecular complexity index is 170. The van der Waals surface area contributed by atoms with Gasteiger partial charge in [-0.2, -0.15) is 0 Å². The van der Waals surface area contributed by atoms with Crippen molar-refractivity contribution < 1.29 is 0 Å². The summed E-state index contributed by atoms with van der Waals surface area (Å²) in [6.07, 6.45) is 12.0. The van der Waals surface area contributed by atoms with E-state index in [0.717, 1.165) is 23.9 Å². The van der Waals surface area contributed by atoms with Crippen LogP contribution >= 0.6 is 0 Å². The molecule has 13 heavy (non-hydrogen) atoms. The molecule has 1 heteroatoms. The van der Waals surface area contributed by atoms with Crippen LogP contribution in [0.3, 0.4) is 0 Å². The first-order chi connectivity index (χ1) is 6.45. The quantitative estimate of drug-likeness (QED) is 0.603. The minimum atomic E-state index is 0.918. The predicted octanol–water partition coefficient (Wildman–Crippen LogP) is 2.71. The molecule has 1 heterocycles. The molecule has 74 valence electrons. The van der Waals surface area contributed by atoms with Crippen LogP contribution in [0.25, 0.3) is 0 Å². The standard InChI is InChI=1S/C12H21N/c1-3-7-11-9(5-1)10-6-2-4-8-12(10)13-11/h9-13H,1-8H2.